The second-order valence-electron chi connectivity index (χ2n) is 7.66. The van der Waals surface area contributed by atoms with Crippen LogP contribution in [0.2, 0.25) is 0 Å². The van der Waals surface area contributed by atoms with E-state index in [1.54, 1.807) is 0 Å². The van der Waals surface area contributed by atoms with E-state index in [1.807, 2.05) is 49.6 Å². The molecule has 0 saturated heterocycles. The first-order valence-electron chi connectivity index (χ1n) is 9.88. The number of pyridine rings is 4. The van der Waals surface area contributed by atoms with Crippen LogP contribution in [0.3, 0.4) is 0 Å². The Hall–Kier alpha value is -3.80. The van der Waals surface area contributed by atoms with E-state index in [9.17, 15) is 0 Å². The van der Waals surface area contributed by atoms with E-state index in [4.69, 9.17) is 0 Å². The smallest absolute Gasteiger partial charge is 0.0477 e. The molecule has 0 radical (unpaired) electrons. The van der Waals surface area contributed by atoms with Crippen LogP contribution >= 0.6 is 0 Å². The van der Waals surface area contributed by atoms with Crippen LogP contribution in [0.4, 0.5) is 11.4 Å². The lowest BCUT2D eigenvalue weighted by molar-refractivity contribution is 0.906. The molecule has 0 unspecified atom stereocenters. The molecule has 1 aliphatic rings. The highest BCUT2D eigenvalue weighted by molar-refractivity contribution is 5.79. The highest BCUT2D eigenvalue weighted by Gasteiger charge is 2.15. The third-order valence-corrected chi connectivity index (χ3v) is 5.47. The third kappa shape index (κ3) is 3.37. The number of hydrogen-bond donors (Lipinski definition) is 0. The predicted octanol–water partition coefficient (Wildman–Crippen LogP) is 4.19. The zero-order valence-electron chi connectivity index (χ0n) is 17.0. The van der Waals surface area contributed by atoms with Crippen molar-refractivity contribution in [3.05, 3.63) is 85.0 Å². The van der Waals surface area contributed by atoms with E-state index in [0.717, 1.165) is 57.8 Å². The fraction of sp³-hybridized carbons (Fsp3) is 0.167. The van der Waals surface area contributed by atoms with E-state index in [1.165, 1.54) is 0 Å². The first kappa shape index (κ1) is 18.2. The molecule has 0 atom stereocenters. The standard InChI is InChI=1S/C24H22N6/c1-29-15-17-7-20(12-27-9-17)22-14-26-6-4-24(22)30(2)16-18-8-19(11-28-10-18)21-13-25-5-3-23(21)29/h3-14H,15-16H2,1-2H3. The molecule has 1 aliphatic heterocycles. The van der Waals surface area contributed by atoms with E-state index >= 15 is 0 Å². The SMILES string of the molecule is CN1Cc2cncc(c2)-c2cnccc2N(C)Cc2cncc(c2)-c2cnccc21. The lowest BCUT2D eigenvalue weighted by atomic mass is 10.0. The quantitative estimate of drug-likeness (QED) is 0.446. The Morgan fingerprint density at radius 3 is 1.53 bits per heavy atom. The van der Waals surface area contributed by atoms with Crippen molar-refractivity contribution in [3.8, 4) is 22.3 Å². The zero-order chi connectivity index (χ0) is 20.5. The largest absolute Gasteiger partial charge is 0.370 e. The summed E-state index contributed by atoms with van der Waals surface area (Å²) >= 11 is 0. The van der Waals surface area contributed by atoms with Gasteiger partial charge >= 0.3 is 0 Å². The lowest BCUT2D eigenvalue weighted by Gasteiger charge is -2.25. The van der Waals surface area contributed by atoms with E-state index in [-0.39, 0.29) is 0 Å². The van der Waals surface area contributed by atoms with Gasteiger partial charge in [-0.1, -0.05) is 0 Å². The molecule has 5 rings (SSSR count). The molecule has 4 bridgehead atoms. The number of rotatable bonds is 0. The van der Waals surface area contributed by atoms with Gasteiger partial charge in [0.1, 0.15) is 0 Å². The number of fused-ring (bicyclic) bond motifs is 8. The van der Waals surface area contributed by atoms with Gasteiger partial charge in [0.15, 0.2) is 0 Å². The van der Waals surface area contributed by atoms with Crippen LogP contribution in [-0.4, -0.2) is 34.0 Å². The molecular formula is C24H22N6. The maximum atomic E-state index is 4.52. The van der Waals surface area contributed by atoms with Crippen molar-refractivity contribution in [3.63, 3.8) is 0 Å². The number of nitrogens with zero attached hydrogens (tertiary/aromatic N) is 6. The summed E-state index contributed by atoms with van der Waals surface area (Å²) in [6, 6.07) is 8.50. The van der Waals surface area contributed by atoms with Crippen molar-refractivity contribution in [2.75, 3.05) is 23.9 Å². The maximum Gasteiger partial charge on any atom is 0.0477 e. The highest BCUT2D eigenvalue weighted by Crippen LogP contribution is 2.34. The first-order chi connectivity index (χ1) is 14.7. The Kier molecular flexibility index (Phi) is 4.59. The Bertz CT molecular complexity index is 1110. The molecule has 0 saturated carbocycles. The Balaban J connectivity index is 1.71. The van der Waals surface area contributed by atoms with Crippen molar-refractivity contribution in [2.45, 2.75) is 13.1 Å². The Labute approximate surface area is 175 Å². The lowest BCUT2D eigenvalue weighted by Crippen LogP contribution is -2.19. The second kappa shape index (κ2) is 7.55. The van der Waals surface area contributed by atoms with Gasteiger partial charge in [-0.25, -0.2) is 0 Å². The zero-order valence-corrected chi connectivity index (χ0v) is 17.0. The molecule has 6 nitrogen and oxygen atoms in total. The minimum absolute atomic E-state index is 0.733. The molecule has 30 heavy (non-hydrogen) atoms. The van der Waals surface area contributed by atoms with Crippen LogP contribution < -0.4 is 9.80 Å². The van der Waals surface area contributed by atoms with Crippen molar-refractivity contribution in [1.29, 1.82) is 0 Å². The summed E-state index contributed by atoms with van der Waals surface area (Å²) in [5.41, 5.74) is 8.78. The minimum Gasteiger partial charge on any atom is -0.370 e. The summed E-state index contributed by atoms with van der Waals surface area (Å²) in [6.45, 7) is 1.47. The average Bonchev–Trinajstić information content (AvgIpc) is 2.79. The summed E-state index contributed by atoms with van der Waals surface area (Å²) < 4.78 is 0. The van der Waals surface area contributed by atoms with Gasteiger partial charge in [-0.2, -0.15) is 0 Å². The number of hydrogen-bond acceptors (Lipinski definition) is 6. The van der Waals surface area contributed by atoms with Gasteiger partial charge in [0.05, 0.1) is 0 Å². The third-order valence-electron chi connectivity index (χ3n) is 5.47. The van der Waals surface area contributed by atoms with Crippen molar-refractivity contribution in [1.82, 2.24) is 19.9 Å². The van der Waals surface area contributed by atoms with Crippen molar-refractivity contribution < 1.29 is 0 Å². The molecule has 0 fully saturated rings. The second-order valence-corrected chi connectivity index (χ2v) is 7.66. The van der Waals surface area contributed by atoms with Crippen LogP contribution in [0, 0.1) is 0 Å². The van der Waals surface area contributed by atoms with Gasteiger partial charge in [0.2, 0.25) is 0 Å². The molecule has 5 heterocycles. The molecule has 4 aromatic rings. The van der Waals surface area contributed by atoms with Gasteiger partial charge in [-0.15, -0.1) is 0 Å². The van der Waals surface area contributed by atoms with Gasteiger partial charge in [0, 0.05) is 110 Å². The molecule has 0 amide bonds. The van der Waals surface area contributed by atoms with Crippen LogP contribution in [0.15, 0.2) is 73.8 Å². The summed E-state index contributed by atoms with van der Waals surface area (Å²) in [5, 5.41) is 0. The van der Waals surface area contributed by atoms with Crippen molar-refractivity contribution in [2.24, 2.45) is 0 Å². The molecule has 0 aliphatic carbocycles. The van der Waals surface area contributed by atoms with Crippen LogP contribution in [0.5, 0.6) is 0 Å². The summed E-state index contributed by atoms with van der Waals surface area (Å²) in [7, 11) is 4.19. The monoisotopic (exact) mass is 394 g/mol. The topological polar surface area (TPSA) is 58.0 Å². The fourth-order valence-electron chi connectivity index (χ4n) is 4.05. The fourth-order valence-corrected chi connectivity index (χ4v) is 4.05. The van der Waals surface area contributed by atoms with Gasteiger partial charge in [-0.3, -0.25) is 19.9 Å². The van der Waals surface area contributed by atoms with E-state index in [2.05, 4.69) is 68.1 Å². The maximum absolute atomic E-state index is 4.52. The summed E-state index contributed by atoms with van der Waals surface area (Å²) in [6.07, 6.45) is 15.2. The van der Waals surface area contributed by atoms with E-state index in [0.29, 0.717) is 0 Å². The van der Waals surface area contributed by atoms with Crippen LogP contribution in [0.1, 0.15) is 11.1 Å². The van der Waals surface area contributed by atoms with Gasteiger partial charge < -0.3 is 9.80 Å². The van der Waals surface area contributed by atoms with Crippen LogP contribution in [0.25, 0.3) is 22.3 Å². The molecule has 4 aromatic heterocycles. The highest BCUT2D eigenvalue weighted by atomic mass is 15.1. The molecular weight excluding hydrogens is 372 g/mol. The van der Waals surface area contributed by atoms with Crippen LogP contribution in [-0.2, 0) is 13.1 Å². The number of anilines is 2. The molecule has 0 N–H and O–H groups in total. The molecule has 6 heteroatoms. The normalized spacial score (nSPS) is 13.3. The molecule has 148 valence electrons. The van der Waals surface area contributed by atoms with Gasteiger partial charge in [0.25, 0.3) is 0 Å². The number of aromatic nitrogens is 4. The average molecular weight is 394 g/mol. The summed E-state index contributed by atoms with van der Waals surface area (Å²) in [5.74, 6) is 0. The molecule has 0 aromatic carbocycles. The van der Waals surface area contributed by atoms with Gasteiger partial charge in [-0.05, 0) is 35.4 Å². The predicted molar refractivity (Wildman–Crippen MR) is 119 cm³/mol. The minimum atomic E-state index is 0.733. The van der Waals surface area contributed by atoms with Crippen molar-refractivity contribution >= 4 is 11.4 Å². The van der Waals surface area contributed by atoms with E-state index < -0.39 is 0 Å². The Morgan fingerprint density at radius 2 is 1.07 bits per heavy atom. The molecule has 0 spiro atoms. The summed E-state index contributed by atoms with van der Waals surface area (Å²) in [4.78, 5) is 22.2. The first-order valence-corrected chi connectivity index (χ1v) is 9.88. The Morgan fingerprint density at radius 1 is 0.600 bits per heavy atom.